The SMILES string of the molecule is CCCC1(O)CN(C(=O)[C@@H]2CC=CC[C@@H]2C(=O)O)C1. The number of aliphatic hydroxyl groups is 1. The number of amides is 1. The van der Waals surface area contributed by atoms with Gasteiger partial charge in [0, 0.05) is 0 Å². The fourth-order valence-corrected chi connectivity index (χ4v) is 3.04. The van der Waals surface area contributed by atoms with E-state index >= 15 is 0 Å². The Labute approximate surface area is 112 Å². The molecular formula is C14H21NO4. The van der Waals surface area contributed by atoms with Crippen LogP contribution in [-0.2, 0) is 9.59 Å². The van der Waals surface area contributed by atoms with Crippen LogP contribution in [0.2, 0.25) is 0 Å². The summed E-state index contributed by atoms with van der Waals surface area (Å²) >= 11 is 0. The molecule has 0 aromatic rings. The number of likely N-dealkylation sites (tertiary alicyclic amines) is 1. The van der Waals surface area contributed by atoms with Gasteiger partial charge in [-0.3, -0.25) is 9.59 Å². The number of hydrogen-bond acceptors (Lipinski definition) is 3. The number of carbonyl (C=O) groups excluding carboxylic acids is 1. The highest BCUT2D eigenvalue weighted by Gasteiger charge is 2.46. The number of hydrogen-bond donors (Lipinski definition) is 2. The van der Waals surface area contributed by atoms with Crippen molar-refractivity contribution in [1.29, 1.82) is 0 Å². The number of allylic oxidation sites excluding steroid dienone is 2. The Balaban J connectivity index is 1.97. The van der Waals surface area contributed by atoms with Crippen molar-refractivity contribution in [3.8, 4) is 0 Å². The van der Waals surface area contributed by atoms with Gasteiger partial charge >= 0.3 is 5.97 Å². The highest BCUT2D eigenvalue weighted by Crippen LogP contribution is 2.32. The molecule has 2 rings (SSSR count). The number of β-amino-alcohol motifs (C(OH)–C–C–N with tert-alkyl or cyclic N) is 1. The van der Waals surface area contributed by atoms with Crippen LogP contribution < -0.4 is 0 Å². The minimum Gasteiger partial charge on any atom is -0.481 e. The predicted molar refractivity (Wildman–Crippen MR) is 69.4 cm³/mol. The van der Waals surface area contributed by atoms with Gasteiger partial charge in [-0.15, -0.1) is 0 Å². The third-order valence-corrected chi connectivity index (χ3v) is 4.06. The summed E-state index contributed by atoms with van der Waals surface area (Å²) in [6.45, 7) is 2.67. The molecule has 5 nitrogen and oxygen atoms in total. The molecule has 1 heterocycles. The van der Waals surface area contributed by atoms with Crippen molar-refractivity contribution in [1.82, 2.24) is 4.90 Å². The van der Waals surface area contributed by atoms with Crippen LogP contribution in [-0.4, -0.2) is 45.7 Å². The molecule has 5 heteroatoms. The zero-order valence-electron chi connectivity index (χ0n) is 11.2. The number of carboxylic acids is 1. The Morgan fingerprint density at radius 1 is 1.26 bits per heavy atom. The molecule has 19 heavy (non-hydrogen) atoms. The van der Waals surface area contributed by atoms with Gasteiger partial charge in [0.05, 0.1) is 30.5 Å². The second kappa shape index (κ2) is 5.33. The van der Waals surface area contributed by atoms with E-state index in [1.54, 1.807) is 4.90 Å². The van der Waals surface area contributed by atoms with Gasteiger partial charge in [0.15, 0.2) is 0 Å². The lowest BCUT2D eigenvalue weighted by molar-refractivity contribution is -0.166. The van der Waals surface area contributed by atoms with Crippen LogP contribution in [0.4, 0.5) is 0 Å². The monoisotopic (exact) mass is 267 g/mol. The number of rotatable bonds is 4. The third kappa shape index (κ3) is 2.81. The molecule has 0 saturated carbocycles. The lowest BCUT2D eigenvalue weighted by Crippen LogP contribution is -2.64. The predicted octanol–water partition coefficient (Wildman–Crippen LogP) is 1.03. The first-order chi connectivity index (χ1) is 8.97. The van der Waals surface area contributed by atoms with E-state index in [1.165, 1.54) is 0 Å². The molecule has 0 aromatic heterocycles. The minimum atomic E-state index is -0.910. The maximum absolute atomic E-state index is 12.3. The fraction of sp³-hybridized carbons (Fsp3) is 0.714. The number of carboxylic acid groups (broad SMARTS) is 1. The lowest BCUT2D eigenvalue weighted by atomic mass is 9.80. The van der Waals surface area contributed by atoms with E-state index in [-0.39, 0.29) is 5.91 Å². The molecule has 0 unspecified atom stereocenters. The first kappa shape index (κ1) is 14.1. The zero-order chi connectivity index (χ0) is 14.0. The van der Waals surface area contributed by atoms with E-state index < -0.39 is 23.4 Å². The summed E-state index contributed by atoms with van der Waals surface area (Å²) in [4.78, 5) is 25.1. The third-order valence-electron chi connectivity index (χ3n) is 4.06. The van der Waals surface area contributed by atoms with Crippen LogP contribution in [0.3, 0.4) is 0 Å². The summed E-state index contributed by atoms with van der Waals surface area (Å²) in [5.41, 5.74) is -0.756. The highest BCUT2D eigenvalue weighted by molar-refractivity contribution is 5.86. The quantitative estimate of drug-likeness (QED) is 0.746. The summed E-state index contributed by atoms with van der Waals surface area (Å²) in [5, 5.41) is 19.2. The normalized spacial score (nSPS) is 28.8. The van der Waals surface area contributed by atoms with Crippen LogP contribution in [0.15, 0.2) is 12.2 Å². The molecule has 1 aliphatic carbocycles. The van der Waals surface area contributed by atoms with Gasteiger partial charge in [0.1, 0.15) is 0 Å². The van der Waals surface area contributed by atoms with Crippen molar-refractivity contribution < 1.29 is 19.8 Å². The molecule has 0 spiro atoms. The molecule has 1 saturated heterocycles. The Kier molecular flexibility index (Phi) is 3.94. The van der Waals surface area contributed by atoms with Crippen molar-refractivity contribution >= 4 is 11.9 Å². The highest BCUT2D eigenvalue weighted by atomic mass is 16.4. The molecule has 2 N–H and O–H groups in total. The topological polar surface area (TPSA) is 77.8 Å². The Morgan fingerprint density at radius 3 is 2.37 bits per heavy atom. The molecule has 2 aliphatic rings. The summed E-state index contributed by atoms with van der Waals surface area (Å²) in [7, 11) is 0. The smallest absolute Gasteiger partial charge is 0.307 e. The average Bonchev–Trinajstić information content (AvgIpc) is 2.35. The number of carbonyl (C=O) groups is 2. The van der Waals surface area contributed by atoms with Crippen molar-refractivity contribution in [3.63, 3.8) is 0 Å². The molecule has 1 aliphatic heterocycles. The fourth-order valence-electron chi connectivity index (χ4n) is 3.04. The molecule has 1 amide bonds. The largest absolute Gasteiger partial charge is 0.481 e. The first-order valence-corrected chi connectivity index (χ1v) is 6.86. The molecule has 2 atom stereocenters. The maximum Gasteiger partial charge on any atom is 0.307 e. The molecule has 0 radical (unpaired) electrons. The molecular weight excluding hydrogens is 246 g/mol. The number of nitrogens with zero attached hydrogens (tertiary/aromatic N) is 1. The second-order valence-corrected chi connectivity index (χ2v) is 5.66. The Morgan fingerprint density at radius 2 is 1.84 bits per heavy atom. The van der Waals surface area contributed by atoms with Crippen molar-refractivity contribution in [2.45, 2.75) is 38.2 Å². The van der Waals surface area contributed by atoms with Gasteiger partial charge < -0.3 is 15.1 Å². The molecule has 1 fully saturated rings. The summed E-state index contributed by atoms with van der Waals surface area (Å²) in [6.07, 6.45) is 6.16. The van der Waals surface area contributed by atoms with E-state index in [4.69, 9.17) is 5.11 Å². The van der Waals surface area contributed by atoms with Gasteiger partial charge in [-0.25, -0.2) is 0 Å². The van der Waals surface area contributed by atoms with E-state index in [9.17, 15) is 14.7 Å². The van der Waals surface area contributed by atoms with Gasteiger partial charge in [-0.1, -0.05) is 25.5 Å². The summed E-state index contributed by atoms with van der Waals surface area (Å²) in [5.74, 6) is -2.14. The van der Waals surface area contributed by atoms with Crippen LogP contribution in [0.1, 0.15) is 32.6 Å². The van der Waals surface area contributed by atoms with Gasteiger partial charge in [-0.2, -0.15) is 0 Å². The lowest BCUT2D eigenvalue weighted by Gasteiger charge is -2.48. The Hall–Kier alpha value is -1.36. The van der Waals surface area contributed by atoms with Crippen LogP contribution in [0.5, 0.6) is 0 Å². The van der Waals surface area contributed by atoms with Crippen LogP contribution in [0, 0.1) is 11.8 Å². The standard InChI is InChI=1S/C14H21NO4/c1-2-7-14(19)8-15(9-14)12(16)10-5-3-4-6-11(10)13(17)18/h3-4,10-11,19H,2,5-9H2,1H3,(H,17,18)/t10-,11+/m1/s1. The van der Waals surface area contributed by atoms with Gasteiger partial charge in [0.25, 0.3) is 0 Å². The molecule has 106 valence electrons. The van der Waals surface area contributed by atoms with Gasteiger partial charge in [0.2, 0.25) is 5.91 Å². The average molecular weight is 267 g/mol. The van der Waals surface area contributed by atoms with Crippen molar-refractivity contribution in [2.75, 3.05) is 13.1 Å². The maximum atomic E-state index is 12.3. The van der Waals surface area contributed by atoms with Crippen molar-refractivity contribution in [3.05, 3.63) is 12.2 Å². The summed E-state index contributed by atoms with van der Waals surface area (Å²) < 4.78 is 0. The number of aliphatic carboxylic acids is 1. The summed E-state index contributed by atoms with van der Waals surface area (Å²) in [6, 6.07) is 0. The van der Waals surface area contributed by atoms with Crippen LogP contribution >= 0.6 is 0 Å². The van der Waals surface area contributed by atoms with E-state index in [0.29, 0.717) is 32.4 Å². The Bertz CT molecular complexity index is 398. The first-order valence-electron chi connectivity index (χ1n) is 6.86. The molecule has 0 aromatic carbocycles. The minimum absolute atomic E-state index is 0.127. The van der Waals surface area contributed by atoms with Crippen LogP contribution in [0.25, 0.3) is 0 Å². The van der Waals surface area contributed by atoms with Crippen molar-refractivity contribution in [2.24, 2.45) is 11.8 Å². The second-order valence-electron chi connectivity index (χ2n) is 5.66. The van der Waals surface area contributed by atoms with E-state index in [0.717, 1.165) is 6.42 Å². The molecule has 0 bridgehead atoms. The van der Waals surface area contributed by atoms with Gasteiger partial charge in [-0.05, 0) is 19.3 Å². The van der Waals surface area contributed by atoms with E-state index in [2.05, 4.69) is 0 Å². The van der Waals surface area contributed by atoms with E-state index in [1.807, 2.05) is 19.1 Å². The zero-order valence-corrected chi connectivity index (χ0v) is 11.2.